The molecule has 0 saturated heterocycles. The minimum atomic E-state index is 0.559. The first-order valence-electron chi connectivity index (χ1n) is 11.1. The van der Waals surface area contributed by atoms with E-state index in [0.717, 1.165) is 44.1 Å². The van der Waals surface area contributed by atoms with Gasteiger partial charge in [0.25, 0.3) is 0 Å². The van der Waals surface area contributed by atoms with Crippen molar-refractivity contribution in [3.8, 4) is 29.4 Å². The molecule has 0 heterocycles. The van der Waals surface area contributed by atoms with Crippen molar-refractivity contribution in [2.45, 2.75) is 0 Å². The molecule has 0 N–H and O–H groups in total. The van der Waals surface area contributed by atoms with Gasteiger partial charge in [-0.1, -0.05) is 118 Å². The quantitative estimate of drug-likeness (QED) is 0.183. The Kier molecular flexibility index (Phi) is 6.62. The molecule has 0 atom stereocenters. The third-order valence-electron chi connectivity index (χ3n) is 5.59. The van der Waals surface area contributed by atoms with Crippen LogP contribution in [-0.4, -0.2) is 11.9 Å². The Balaban J connectivity index is 1.62. The van der Waals surface area contributed by atoms with Crippen LogP contribution in [0.5, 0.6) is 5.75 Å². The van der Waals surface area contributed by atoms with Crippen LogP contribution in [0.25, 0.3) is 21.5 Å². The van der Waals surface area contributed by atoms with Crippen LogP contribution in [0.1, 0.15) is 22.3 Å². The summed E-state index contributed by atoms with van der Waals surface area (Å²) in [5.74, 6) is 14.2. The highest BCUT2D eigenvalue weighted by Gasteiger charge is 2.07. The fourth-order valence-corrected chi connectivity index (χ4v) is 4.13. The molecule has 5 aromatic rings. The van der Waals surface area contributed by atoms with Crippen LogP contribution in [0.4, 0.5) is 0 Å². The molecule has 0 fully saturated rings. The molecule has 5 rings (SSSR count). The van der Waals surface area contributed by atoms with Crippen molar-refractivity contribution < 1.29 is 4.74 Å². The summed E-state index contributed by atoms with van der Waals surface area (Å²) >= 11 is 3.45. The molecule has 0 unspecified atom stereocenters. The molecule has 162 valence electrons. The summed E-state index contributed by atoms with van der Waals surface area (Å²) in [7, 11) is 0. The maximum atomic E-state index is 6.01. The van der Waals surface area contributed by atoms with Gasteiger partial charge in [0.1, 0.15) is 5.75 Å². The SMILES string of the molecule is BrCCOc1cccc(C#Cc2cccc3ccccc23)c1C#Cc1cccc2ccccc12. The lowest BCUT2D eigenvalue weighted by molar-refractivity contribution is 0.344. The Morgan fingerprint density at radius 1 is 0.529 bits per heavy atom. The number of hydrogen-bond acceptors (Lipinski definition) is 1. The van der Waals surface area contributed by atoms with Crippen molar-refractivity contribution in [3.05, 3.63) is 125 Å². The van der Waals surface area contributed by atoms with E-state index in [9.17, 15) is 0 Å². The first-order chi connectivity index (χ1) is 16.8. The van der Waals surface area contributed by atoms with Gasteiger partial charge in [-0.3, -0.25) is 0 Å². The first kappa shape index (κ1) is 21.8. The van der Waals surface area contributed by atoms with Crippen LogP contribution in [-0.2, 0) is 0 Å². The molecule has 0 radical (unpaired) electrons. The average Bonchev–Trinajstić information content (AvgIpc) is 2.90. The highest BCUT2D eigenvalue weighted by atomic mass is 79.9. The van der Waals surface area contributed by atoms with Gasteiger partial charge in [-0.25, -0.2) is 0 Å². The molecule has 5 aromatic carbocycles. The van der Waals surface area contributed by atoms with Crippen molar-refractivity contribution in [3.63, 3.8) is 0 Å². The Morgan fingerprint density at radius 3 is 1.68 bits per heavy atom. The number of hydrogen-bond donors (Lipinski definition) is 0. The van der Waals surface area contributed by atoms with E-state index in [1.807, 2.05) is 54.6 Å². The zero-order valence-corrected chi connectivity index (χ0v) is 20.1. The molecule has 0 aliphatic carbocycles. The van der Waals surface area contributed by atoms with Gasteiger partial charge in [-0.2, -0.15) is 0 Å². The van der Waals surface area contributed by atoms with E-state index in [2.05, 4.69) is 88.1 Å². The number of halogens is 1. The minimum absolute atomic E-state index is 0.559. The van der Waals surface area contributed by atoms with E-state index in [1.54, 1.807) is 0 Å². The predicted molar refractivity (Wildman–Crippen MR) is 146 cm³/mol. The number of rotatable bonds is 3. The normalized spacial score (nSPS) is 10.3. The highest BCUT2D eigenvalue weighted by molar-refractivity contribution is 9.09. The van der Waals surface area contributed by atoms with E-state index in [0.29, 0.717) is 6.61 Å². The Morgan fingerprint density at radius 2 is 1.03 bits per heavy atom. The van der Waals surface area contributed by atoms with Crippen molar-refractivity contribution in [2.24, 2.45) is 0 Å². The number of alkyl halides is 1. The Bertz CT molecular complexity index is 1600. The van der Waals surface area contributed by atoms with Gasteiger partial charge in [0.2, 0.25) is 0 Å². The predicted octanol–water partition coefficient (Wildman–Crippen LogP) is 7.57. The second-order valence-corrected chi connectivity index (χ2v) is 8.56. The van der Waals surface area contributed by atoms with E-state index in [-0.39, 0.29) is 0 Å². The summed E-state index contributed by atoms with van der Waals surface area (Å²) < 4.78 is 6.01. The molecule has 0 saturated carbocycles. The number of benzene rings is 5. The molecular formula is C32H21BrO. The second kappa shape index (κ2) is 10.3. The lowest BCUT2D eigenvalue weighted by Gasteiger charge is -2.08. The minimum Gasteiger partial charge on any atom is -0.491 e. The maximum absolute atomic E-state index is 6.01. The van der Waals surface area contributed by atoms with Crippen molar-refractivity contribution in [2.75, 3.05) is 11.9 Å². The topological polar surface area (TPSA) is 9.23 Å². The zero-order chi connectivity index (χ0) is 23.2. The lowest BCUT2D eigenvalue weighted by atomic mass is 10.0. The molecule has 0 aliphatic rings. The van der Waals surface area contributed by atoms with Crippen molar-refractivity contribution >= 4 is 37.5 Å². The fourth-order valence-electron chi connectivity index (χ4n) is 3.97. The number of fused-ring (bicyclic) bond motifs is 2. The van der Waals surface area contributed by atoms with Gasteiger partial charge >= 0.3 is 0 Å². The standard InChI is InChI=1S/C32H21BrO/c33-22-23-34-32-17-7-14-28(19-18-26-12-5-10-24-8-1-3-15-29(24)26)31(32)21-20-27-13-6-11-25-9-2-4-16-30(25)27/h1-17H,22-23H2. The van der Waals surface area contributed by atoms with Crippen molar-refractivity contribution in [1.82, 2.24) is 0 Å². The third-order valence-corrected chi connectivity index (χ3v) is 5.92. The van der Waals surface area contributed by atoms with E-state index >= 15 is 0 Å². The second-order valence-electron chi connectivity index (χ2n) is 7.77. The summed E-state index contributed by atoms with van der Waals surface area (Å²) in [4.78, 5) is 0. The van der Waals surface area contributed by atoms with Crippen LogP contribution in [0.3, 0.4) is 0 Å². The first-order valence-corrected chi connectivity index (χ1v) is 12.3. The summed E-state index contributed by atoms with van der Waals surface area (Å²) in [5, 5.41) is 5.39. The van der Waals surface area contributed by atoms with E-state index in [4.69, 9.17) is 4.74 Å². The van der Waals surface area contributed by atoms with Crippen molar-refractivity contribution in [1.29, 1.82) is 0 Å². The molecule has 34 heavy (non-hydrogen) atoms. The molecular weight excluding hydrogens is 480 g/mol. The third kappa shape index (κ3) is 4.69. The zero-order valence-electron chi connectivity index (χ0n) is 18.5. The average molecular weight is 501 g/mol. The summed E-state index contributed by atoms with van der Waals surface area (Å²) in [6.07, 6.45) is 0. The monoisotopic (exact) mass is 500 g/mol. The molecule has 2 heteroatoms. The molecule has 0 bridgehead atoms. The smallest absolute Gasteiger partial charge is 0.136 e. The summed E-state index contributed by atoms with van der Waals surface area (Å²) in [6, 6.07) is 35.0. The van der Waals surface area contributed by atoms with Crippen LogP contribution < -0.4 is 4.74 Å². The van der Waals surface area contributed by atoms with Crippen LogP contribution in [0.2, 0.25) is 0 Å². The van der Waals surface area contributed by atoms with Crippen LogP contribution in [0.15, 0.2) is 103 Å². The van der Waals surface area contributed by atoms with E-state index in [1.165, 1.54) is 10.8 Å². The largest absolute Gasteiger partial charge is 0.491 e. The Hall–Kier alpha value is -3.98. The lowest BCUT2D eigenvalue weighted by Crippen LogP contribution is -2.01. The number of ether oxygens (including phenoxy) is 1. The molecule has 0 aliphatic heterocycles. The van der Waals surface area contributed by atoms with Gasteiger partial charge in [0, 0.05) is 22.0 Å². The van der Waals surface area contributed by atoms with Gasteiger partial charge in [0.15, 0.2) is 0 Å². The highest BCUT2D eigenvalue weighted by Crippen LogP contribution is 2.24. The van der Waals surface area contributed by atoms with Gasteiger partial charge < -0.3 is 4.74 Å². The maximum Gasteiger partial charge on any atom is 0.136 e. The molecule has 1 nitrogen and oxygen atoms in total. The summed E-state index contributed by atoms with van der Waals surface area (Å²) in [5.41, 5.74) is 3.65. The molecule has 0 aromatic heterocycles. The van der Waals surface area contributed by atoms with Gasteiger partial charge in [-0.05, 0) is 45.8 Å². The Labute approximate surface area is 208 Å². The van der Waals surface area contributed by atoms with Crippen LogP contribution in [0, 0.1) is 23.7 Å². The van der Waals surface area contributed by atoms with Gasteiger partial charge in [0.05, 0.1) is 12.2 Å². The fraction of sp³-hybridized carbons (Fsp3) is 0.0625. The summed E-state index contributed by atoms with van der Waals surface area (Å²) in [6.45, 7) is 0.559. The van der Waals surface area contributed by atoms with E-state index < -0.39 is 0 Å². The van der Waals surface area contributed by atoms with Crippen LogP contribution >= 0.6 is 15.9 Å². The molecule has 0 spiro atoms. The van der Waals surface area contributed by atoms with Gasteiger partial charge in [-0.15, -0.1) is 0 Å². The molecule has 0 amide bonds.